The topological polar surface area (TPSA) is 94.3 Å². The van der Waals surface area contributed by atoms with E-state index in [-0.39, 0.29) is 0 Å². The van der Waals surface area contributed by atoms with Gasteiger partial charge in [-0.25, -0.2) is 9.97 Å². The summed E-state index contributed by atoms with van der Waals surface area (Å²) in [5.41, 5.74) is 9.58. The van der Waals surface area contributed by atoms with Crippen LogP contribution in [-0.2, 0) is 0 Å². The summed E-state index contributed by atoms with van der Waals surface area (Å²) in [6.07, 6.45) is 1.47. The van der Waals surface area contributed by atoms with Crippen LogP contribution in [0, 0.1) is 6.92 Å². The van der Waals surface area contributed by atoms with Crippen LogP contribution in [0.25, 0.3) is 0 Å². The van der Waals surface area contributed by atoms with E-state index in [1.165, 1.54) is 11.9 Å². The predicted octanol–water partition coefficient (Wildman–Crippen LogP) is 3.63. The van der Waals surface area contributed by atoms with Crippen molar-refractivity contribution in [1.82, 2.24) is 9.97 Å². The Hall–Kier alpha value is -3.48. The molecule has 0 saturated carbocycles. The highest BCUT2D eigenvalue weighted by molar-refractivity contribution is 5.80. The molecule has 0 unspecified atom stereocenters. The number of aryl methyl sites for hydroxylation is 1. The van der Waals surface area contributed by atoms with E-state index >= 15 is 0 Å². The largest absolute Gasteiger partial charge is 0.486 e. The number of aromatic nitrogens is 2. The Morgan fingerprint density at radius 1 is 0.846 bits per heavy atom. The van der Waals surface area contributed by atoms with Gasteiger partial charge in [-0.15, -0.1) is 0 Å². The van der Waals surface area contributed by atoms with Crippen LogP contribution in [0.4, 0.5) is 28.7 Å². The van der Waals surface area contributed by atoms with Crippen molar-refractivity contribution in [2.24, 2.45) is 0 Å². The number of hydrogen-bond donors (Lipinski definition) is 3. The molecule has 1 aromatic heterocycles. The molecule has 1 aliphatic heterocycles. The molecular formula is C19H19N5O2. The summed E-state index contributed by atoms with van der Waals surface area (Å²) in [4.78, 5) is 8.48. The van der Waals surface area contributed by atoms with Crippen molar-refractivity contribution in [3.63, 3.8) is 0 Å². The minimum absolute atomic E-state index is 0.433. The van der Waals surface area contributed by atoms with E-state index in [0.29, 0.717) is 36.3 Å². The number of fused-ring (bicyclic) bond motifs is 1. The summed E-state index contributed by atoms with van der Waals surface area (Å²) >= 11 is 0. The molecule has 4 rings (SSSR count). The summed E-state index contributed by atoms with van der Waals surface area (Å²) in [6.45, 7) is 3.14. The van der Waals surface area contributed by atoms with Gasteiger partial charge in [0.1, 0.15) is 25.2 Å². The molecule has 0 amide bonds. The van der Waals surface area contributed by atoms with Crippen molar-refractivity contribution in [2.45, 2.75) is 6.92 Å². The number of nitrogens with zero attached hydrogens (tertiary/aromatic N) is 2. The van der Waals surface area contributed by atoms with Gasteiger partial charge >= 0.3 is 0 Å². The summed E-state index contributed by atoms with van der Waals surface area (Å²) in [7, 11) is 0. The van der Waals surface area contributed by atoms with Gasteiger partial charge in [0.25, 0.3) is 0 Å². The highest BCUT2D eigenvalue weighted by Gasteiger charge is 2.13. The predicted molar refractivity (Wildman–Crippen MR) is 102 cm³/mol. The van der Waals surface area contributed by atoms with Crippen molar-refractivity contribution in [1.29, 1.82) is 0 Å². The summed E-state index contributed by atoms with van der Waals surface area (Å²) in [6, 6.07) is 13.6. The van der Waals surface area contributed by atoms with Crippen LogP contribution in [0.1, 0.15) is 5.56 Å². The second-order valence-electron chi connectivity index (χ2n) is 5.96. The zero-order chi connectivity index (χ0) is 17.9. The Morgan fingerprint density at radius 3 is 2.19 bits per heavy atom. The van der Waals surface area contributed by atoms with E-state index in [9.17, 15) is 0 Å². The molecule has 0 fully saturated rings. The molecule has 7 nitrogen and oxygen atoms in total. The first-order valence-electron chi connectivity index (χ1n) is 8.30. The standard InChI is InChI=1S/C19H19N5O2/c1-12-2-4-13(5-3-12)23-18-17(20)19(22-11-21-18)24-14-6-7-15-16(10-14)26-9-8-25-15/h2-7,10-11H,8-9,20H2,1H3,(H2,21,22,23,24). The maximum atomic E-state index is 6.24. The lowest BCUT2D eigenvalue weighted by atomic mass is 10.2. The molecule has 0 radical (unpaired) electrons. The van der Waals surface area contributed by atoms with Crippen molar-refractivity contribution in [3.05, 3.63) is 54.4 Å². The first-order chi connectivity index (χ1) is 12.7. The second-order valence-corrected chi connectivity index (χ2v) is 5.96. The molecule has 2 aromatic carbocycles. The molecule has 0 bridgehead atoms. The normalized spacial score (nSPS) is 12.5. The van der Waals surface area contributed by atoms with Crippen molar-refractivity contribution in [2.75, 3.05) is 29.6 Å². The molecule has 0 aliphatic carbocycles. The van der Waals surface area contributed by atoms with Gasteiger partial charge in [0.2, 0.25) is 0 Å². The quantitative estimate of drug-likeness (QED) is 0.662. The van der Waals surface area contributed by atoms with Gasteiger partial charge < -0.3 is 25.8 Å². The zero-order valence-corrected chi connectivity index (χ0v) is 14.3. The fourth-order valence-corrected chi connectivity index (χ4v) is 2.63. The number of nitrogens with two attached hydrogens (primary N) is 1. The summed E-state index contributed by atoms with van der Waals surface area (Å²) in [5, 5.41) is 6.42. The molecule has 1 aliphatic rings. The number of benzene rings is 2. The molecule has 0 spiro atoms. The smallest absolute Gasteiger partial charge is 0.163 e. The SMILES string of the molecule is Cc1ccc(Nc2ncnc(Nc3ccc4c(c3)OCCO4)c2N)cc1. The molecule has 4 N–H and O–H groups in total. The maximum Gasteiger partial charge on any atom is 0.163 e. The minimum Gasteiger partial charge on any atom is -0.486 e. The number of nitrogens with one attached hydrogen (secondary N) is 2. The maximum absolute atomic E-state index is 6.24. The number of anilines is 5. The van der Waals surface area contributed by atoms with Crippen LogP contribution in [0.5, 0.6) is 11.5 Å². The van der Waals surface area contributed by atoms with Crippen LogP contribution in [0.2, 0.25) is 0 Å². The van der Waals surface area contributed by atoms with E-state index in [4.69, 9.17) is 15.2 Å². The number of hydrogen-bond acceptors (Lipinski definition) is 7. The number of ether oxygens (including phenoxy) is 2. The monoisotopic (exact) mass is 349 g/mol. The fourth-order valence-electron chi connectivity index (χ4n) is 2.63. The van der Waals surface area contributed by atoms with Crippen LogP contribution in [-0.4, -0.2) is 23.2 Å². The lowest BCUT2D eigenvalue weighted by Gasteiger charge is -2.19. The zero-order valence-electron chi connectivity index (χ0n) is 14.3. The van der Waals surface area contributed by atoms with Crippen LogP contribution >= 0.6 is 0 Å². The summed E-state index contributed by atoms with van der Waals surface area (Å²) in [5.74, 6) is 2.50. The molecular weight excluding hydrogens is 330 g/mol. The Kier molecular flexibility index (Phi) is 4.18. The Balaban J connectivity index is 1.56. The highest BCUT2D eigenvalue weighted by atomic mass is 16.6. The van der Waals surface area contributed by atoms with Gasteiger partial charge in [-0.2, -0.15) is 0 Å². The van der Waals surface area contributed by atoms with Crippen molar-refractivity contribution < 1.29 is 9.47 Å². The van der Waals surface area contributed by atoms with Gasteiger partial charge in [-0.1, -0.05) is 17.7 Å². The third-order valence-corrected chi connectivity index (χ3v) is 4.00. The third-order valence-electron chi connectivity index (χ3n) is 4.00. The first kappa shape index (κ1) is 16.0. The highest BCUT2D eigenvalue weighted by Crippen LogP contribution is 2.35. The molecule has 7 heteroatoms. The van der Waals surface area contributed by atoms with Crippen molar-refractivity contribution in [3.8, 4) is 11.5 Å². The van der Waals surface area contributed by atoms with Gasteiger partial charge in [-0.05, 0) is 31.2 Å². The van der Waals surface area contributed by atoms with Crippen LogP contribution in [0.15, 0.2) is 48.8 Å². The van der Waals surface area contributed by atoms with Gasteiger partial charge in [0.05, 0.1) is 0 Å². The average Bonchev–Trinajstić information content (AvgIpc) is 2.67. The Bertz CT molecular complexity index is 928. The van der Waals surface area contributed by atoms with Gasteiger partial charge in [0.15, 0.2) is 23.1 Å². The molecule has 26 heavy (non-hydrogen) atoms. The molecule has 2 heterocycles. The van der Waals surface area contributed by atoms with E-state index in [1.54, 1.807) is 0 Å². The van der Waals surface area contributed by atoms with Crippen molar-refractivity contribution >= 4 is 28.7 Å². The summed E-state index contributed by atoms with van der Waals surface area (Å²) < 4.78 is 11.1. The number of nitrogen functional groups attached to an aromatic ring is 1. The lowest BCUT2D eigenvalue weighted by Crippen LogP contribution is -2.15. The van der Waals surface area contributed by atoms with E-state index in [1.807, 2.05) is 49.4 Å². The minimum atomic E-state index is 0.433. The second kappa shape index (κ2) is 6.79. The number of rotatable bonds is 4. The Morgan fingerprint density at radius 2 is 1.46 bits per heavy atom. The van der Waals surface area contributed by atoms with Crippen LogP contribution in [0.3, 0.4) is 0 Å². The van der Waals surface area contributed by atoms with E-state index in [2.05, 4.69) is 20.6 Å². The first-order valence-corrected chi connectivity index (χ1v) is 8.30. The average molecular weight is 349 g/mol. The molecule has 132 valence electrons. The Labute approximate surface area is 151 Å². The van der Waals surface area contributed by atoms with E-state index in [0.717, 1.165) is 17.1 Å². The lowest BCUT2D eigenvalue weighted by molar-refractivity contribution is 0.171. The van der Waals surface area contributed by atoms with E-state index < -0.39 is 0 Å². The van der Waals surface area contributed by atoms with Gasteiger partial charge in [0, 0.05) is 17.4 Å². The molecule has 0 saturated heterocycles. The molecule has 3 aromatic rings. The fraction of sp³-hybridized carbons (Fsp3) is 0.158. The molecule has 0 atom stereocenters. The van der Waals surface area contributed by atoms with Crippen LogP contribution < -0.4 is 25.8 Å². The third kappa shape index (κ3) is 3.32. The van der Waals surface area contributed by atoms with Gasteiger partial charge in [-0.3, -0.25) is 0 Å².